The van der Waals surface area contributed by atoms with Gasteiger partial charge in [-0.15, -0.1) is 11.3 Å². The Bertz CT molecular complexity index is 348. The Labute approximate surface area is 75.0 Å². The predicted octanol–water partition coefficient (Wildman–Crippen LogP) is 1.80. The lowest BCUT2D eigenvalue weighted by Gasteiger charge is -1.86. The van der Waals surface area contributed by atoms with Gasteiger partial charge in [-0.25, -0.2) is 4.98 Å². The zero-order valence-electron chi connectivity index (χ0n) is 6.66. The molecule has 0 spiro atoms. The molecule has 2 heterocycles. The lowest BCUT2D eigenvalue weighted by atomic mass is 10.3. The van der Waals surface area contributed by atoms with Crippen LogP contribution in [-0.2, 0) is 6.42 Å². The Morgan fingerprint density at radius 3 is 3.17 bits per heavy atom. The maximum atomic E-state index is 5.47. The van der Waals surface area contributed by atoms with Gasteiger partial charge in [-0.1, -0.05) is 6.07 Å². The van der Waals surface area contributed by atoms with E-state index in [0.29, 0.717) is 6.54 Å². The summed E-state index contributed by atoms with van der Waals surface area (Å²) in [4.78, 5) is 6.70. The first kappa shape index (κ1) is 7.71. The van der Waals surface area contributed by atoms with Crippen molar-refractivity contribution in [3.63, 3.8) is 0 Å². The van der Waals surface area contributed by atoms with Crippen molar-refractivity contribution < 1.29 is 0 Å². The Hall–Kier alpha value is -0.930. The number of nitrogens with two attached hydrogens (primary N) is 1. The van der Waals surface area contributed by atoms with E-state index in [1.165, 1.54) is 10.3 Å². The normalized spacial score (nSPS) is 10.8. The average Bonchev–Trinajstić information content (AvgIpc) is 2.47. The monoisotopic (exact) mass is 178 g/mol. The predicted molar refractivity (Wildman–Crippen MR) is 52.4 cm³/mol. The van der Waals surface area contributed by atoms with Crippen LogP contribution in [0, 0.1) is 0 Å². The molecule has 3 heteroatoms. The van der Waals surface area contributed by atoms with E-state index in [1.54, 1.807) is 11.3 Å². The molecule has 0 atom stereocenters. The lowest BCUT2D eigenvalue weighted by Crippen LogP contribution is -2.00. The fourth-order valence-electron chi connectivity index (χ4n) is 1.19. The van der Waals surface area contributed by atoms with Crippen LogP contribution in [0.5, 0.6) is 0 Å². The summed E-state index contributed by atoms with van der Waals surface area (Å²) in [6.07, 6.45) is 2.78. The van der Waals surface area contributed by atoms with Gasteiger partial charge in [0, 0.05) is 16.5 Å². The van der Waals surface area contributed by atoms with Crippen LogP contribution in [0.2, 0.25) is 0 Å². The smallest absolute Gasteiger partial charge is 0.123 e. The zero-order chi connectivity index (χ0) is 8.39. The van der Waals surface area contributed by atoms with Crippen molar-refractivity contribution in [1.29, 1.82) is 0 Å². The summed E-state index contributed by atoms with van der Waals surface area (Å²) in [5.74, 6) is 0. The number of aromatic nitrogens is 1. The maximum Gasteiger partial charge on any atom is 0.123 e. The maximum absolute atomic E-state index is 5.47. The second-order valence-corrected chi connectivity index (χ2v) is 3.76. The second-order valence-electron chi connectivity index (χ2n) is 2.65. The molecule has 2 nitrogen and oxygen atoms in total. The Morgan fingerprint density at radius 2 is 2.42 bits per heavy atom. The van der Waals surface area contributed by atoms with Crippen LogP contribution in [0.1, 0.15) is 4.88 Å². The highest BCUT2D eigenvalue weighted by atomic mass is 32.1. The Balaban J connectivity index is 2.47. The highest BCUT2D eigenvalue weighted by molar-refractivity contribution is 7.18. The highest BCUT2D eigenvalue weighted by Crippen LogP contribution is 2.22. The number of hydrogen-bond acceptors (Lipinski definition) is 3. The molecule has 12 heavy (non-hydrogen) atoms. The first-order valence-corrected chi connectivity index (χ1v) is 4.75. The number of nitrogens with zero attached hydrogens (tertiary/aromatic N) is 1. The van der Waals surface area contributed by atoms with Crippen LogP contribution in [0.3, 0.4) is 0 Å². The van der Waals surface area contributed by atoms with E-state index < -0.39 is 0 Å². The molecule has 0 aliphatic rings. The summed E-state index contributed by atoms with van der Waals surface area (Å²) >= 11 is 1.73. The van der Waals surface area contributed by atoms with Crippen molar-refractivity contribution in [1.82, 2.24) is 4.98 Å². The molecule has 0 saturated carbocycles. The van der Waals surface area contributed by atoms with Crippen LogP contribution in [-0.4, -0.2) is 11.5 Å². The molecule has 0 aliphatic carbocycles. The molecule has 2 aromatic rings. The van der Waals surface area contributed by atoms with Gasteiger partial charge in [0.1, 0.15) is 4.83 Å². The molecule has 0 saturated heterocycles. The topological polar surface area (TPSA) is 38.9 Å². The summed E-state index contributed by atoms with van der Waals surface area (Å²) in [6, 6.07) is 6.21. The molecule has 0 radical (unpaired) electrons. The summed E-state index contributed by atoms with van der Waals surface area (Å²) in [5, 5.41) is 1.23. The molecule has 2 rings (SSSR count). The molecular weight excluding hydrogens is 168 g/mol. The van der Waals surface area contributed by atoms with Crippen LogP contribution in [0.15, 0.2) is 24.4 Å². The molecule has 62 valence electrons. The van der Waals surface area contributed by atoms with Gasteiger partial charge in [-0.3, -0.25) is 0 Å². The SMILES string of the molecule is NCCc1cc2cccnc2s1. The van der Waals surface area contributed by atoms with E-state index in [4.69, 9.17) is 5.73 Å². The molecule has 2 aromatic heterocycles. The van der Waals surface area contributed by atoms with Crippen molar-refractivity contribution >= 4 is 21.6 Å². The summed E-state index contributed by atoms with van der Waals surface area (Å²) in [7, 11) is 0. The van der Waals surface area contributed by atoms with Crippen LogP contribution >= 0.6 is 11.3 Å². The number of thiophene rings is 1. The van der Waals surface area contributed by atoms with E-state index in [9.17, 15) is 0 Å². The standard InChI is InChI=1S/C9H10N2S/c10-4-3-8-6-7-2-1-5-11-9(7)12-8/h1-2,5-6H,3-4,10H2. The molecule has 0 fully saturated rings. The third-order valence-electron chi connectivity index (χ3n) is 1.74. The van der Waals surface area contributed by atoms with Gasteiger partial charge in [-0.05, 0) is 25.1 Å². The van der Waals surface area contributed by atoms with Gasteiger partial charge in [0.15, 0.2) is 0 Å². The van der Waals surface area contributed by atoms with Gasteiger partial charge in [-0.2, -0.15) is 0 Å². The van der Waals surface area contributed by atoms with Crippen LogP contribution in [0.4, 0.5) is 0 Å². The van der Waals surface area contributed by atoms with Crippen molar-refractivity contribution in [3.8, 4) is 0 Å². The van der Waals surface area contributed by atoms with E-state index in [-0.39, 0.29) is 0 Å². The first-order chi connectivity index (χ1) is 5.90. The summed E-state index contributed by atoms with van der Waals surface area (Å²) < 4.78 is 0. The minimum absolute atomic E-state index is 0.715. The summed E-state index contributed by atoms with van der Waals surface area (Å²) in [5.41, 5.74) is 5.47. The van der Waals surface area contributed by atoms with E-state index in [2.05, 4.69) is 17.1 Å². The summed E-state index contributed by atoms with van der Waals surface area (Å²) in [6.45, 7) is 0.715. The molecule has 2 N–H and O–H groups in total. The minimum atomic E-state index is 0.715. The minimum Gasteiger partial charge on any atom is -0.330 e. The number of hydrogen-bond donors (Lipinski definition) is 1. The van der Waals surface area contributed by atoms with E-state index in [1.807, 2.05) is 12.3 Å². The van der Waals surface area contributed by atoms with Crippen molar-refractivity contribution in [2.75, 3.05) is 6.54 Å². The quantitative estimate of drug-likeness (QED) is 0.761. The zero-order valence-corrected chi connectivity index (χ0v) is 7.47. The number of fused-ring (bicyclic) bond motifs is 1. The fraction of sp³-hybridized carbons (Fsp3) is 0.222. The lowest BCUT2D eigenvalue weighted by molar-refractivity contribution is 0.989. The number of rotatable bonds is 2. The van der Waals surface area contributed by atoms with Gasteiger partial charge >= 0.3 is 0 Å². The molecular formula is C9H10N2S. The van der Waals surface area contributed by atoms with Crippen LogP contribution in [0.25, 0.3) is 10.2 Å². The first-order valence-electron chi connectivity index (χ1n) is 3.93. The molecule has 0 bridgehead atoms. The van der Waals surface area contributed by atoms with Gasteiger partial charge in [0.25, 0.3) is 0 Å². The van der Waals surface area contributed by atoms with Gasteiger partial charge < -0.3 is 5.73 Å². The molecule has 0 unspecified atom stereocenters. The van der Waals surface area contributed by atoms with Crippen molar-refractivity contribution in [2.24, 2.45) is 5.73 Å². The number of pyridine rings is 1. The molecule has 0 aromatic carbocycles. The largest absolute Gasteiger partial charge is 0.330 e. The van der Waals surface area contributed by atoms with Crippen molar-refractivity contribution in [2.45, 2.75) is 6.42 Å². The third-order valence-corrected chi connectivity index (χ3v) is 2.85. The average molecular weight is 178 g/mol. The van der Waals surface area contributed by atoms with Crippen LogP contribution < -0.4 is 5.73 Å². The van der Waals surface area contributed by atoms with E-state index in [0.717, 1.165) is 11.3 Å². The molecule has 0 aliphatic heterocycles. The Kier molecular flexibility index (Phi) is 2.06. The van der Waals surface area contributed by atoms with Crippen molar-refractivity contribution in [3.05, 3.63) is 29.3 Å². The third kappa shape index (κ3) is 1.33. The molecule has 0 amide bonds. The van der Waals surface area contributed by atoms with Gasteiger partial charge in [0.2, 0.25) is 0 Å². The second kappa shape index (κ2) is 3.21. The fourth-order valence-corrected chi connectivity index (χ4v) is 2.20. The Morgan fingerprint density at radius 1 is 1.50 bits per heavy atom. The highest BCUT2D eigenvalue weighted by Gasteiger charge is 1.99. The van der Waals surface area contributed by atoms with Gasteiger partial charge in [0.05, 0.1) is 0 Å². The van der Waals surface area contributed by atoms with E-state index >= 15 is 0 Å².